The van der Waals surface area contributed by atoms with Crippen LogP contribution < -0.4 is 21.6 Å². The summed E-state index contributed by atoms with van der Waals surface area (Å²) in [5.74, 6) is -0.417. The molecule has 6 rings (SSSR count). The molecule has 40 heavy (non-hydrogen) atoms. The Hall–Kier alpha value is -4.54. The zero-order chi connectivity index (χ0) is 28.7. The number of benzene rings is 3. The topological polar surface area (TPSA) is 112 Å². The largest absolute Gasteiger partial charge is 0.373 e. The number of halogens is 3. The number of nitriles is 2. The third-order valence-electron chi connectivity index (χ3n) is 6.63. The Morgan fingerprint density at radius 2 is 1.90 bits per heavy atom. The molecule has 8 nitrogen and oxygen atoms in total. The standard InChI is InChI=1S/C29H21Cl2FN8/c30-23-2-1-3-25(22(23)13-34)37-27-17(12-33)14-35-29-21(27)10-19(11-24(29)31)36-28(16-4-6-18(32)7-5-16)26-15-40(39-38-26)20-8-9-20/h1-7,10-11,14-15,20,28,36,38-39H,8-9H2,(H,35,37)/t28-/m0/s1/i28D. The van der Waals surface area contributed by atoms with Crippen molar-refractivity contribution in [1.29, 1.82) is 10.5 Å². The molecule has 3 aromatic carbocycles. The minimum atomic E-state index is -1.59. The fourth-order valence-corrected chi connectivity index (χ4v) is 4.97. The van der Waals surface area contributed by atoms with Crippen molar-refractivity contribution in [1.82, 2.24) is 21.0 Å². The highest BCUT2D eigenvalue weighted by Crippen LogP contribution is 2.38. The summed E-state index contributed by atoms with van der Waals surface area (Å²) in [6.07, 6.45) is 5.31. The van der Waals surface area contributed by atoms with Crippen molar-refractivity contribution in [3.63, 3.8) is 0 Å². The van der Waals surface area contributed by atoms with Crippen molar-refractivity contribution in [3.05, 3.63) is 105 Å². The number of hydrogen-bond acceptors (Lipinski definition) is 8. The number of nitrogens with zero attached hydrogens (tertiary/aromatic N) is 4. The summed E-state index contributed by atoms with van der Waals surface area (Å²) in [6, 6.07) is 17.0. The van der Waals surface area contributed by atoms with Crippen LogP contribution in [0.3, 0.4) is 0 Å². The lowest BCUT2D eigenvalue weighted by atomic mass is 10.0. The molecule has 1 saturated carbocycles. The predicted octanol–water partition coefficient (Wildman–Crippen LogP) is 6.65. The first-order valence-corrected chi connectivity index (χ1v) is 13.1. The van der Waals surface area contributed by atoms with Crippen molar-refractivity contribution < 1.29 is 5.76 Å². The molecule has 0 unspecified atom stereocenters. The van der Waals surface area contributed by atoms with Crippen LogP contribution in [0.25, 0.3) is 10.9 Å². The van der Waals surface area contributed by atoms with Gasteiger partial charge in [0.2, 0.25) is 0 Å². The lowest BCUT2D eigenvalue weighted by Gasteiger charge is -2.22. The van der Waals surface area contributed by atoms with Gasteiger partial charge in [-0.15, -0.1) is 5.53 Å². The van der Waals surface area contributed by atoms with Crippen LogP contribution in [0.15, 0.2) is 72.7 Å². The van der Waals surface area contributed by atoms with E-state index >= 15 is 0 Å². The van der Waals surface area contributed by atoms with E-state index in [-0.39, 0.29) is 21.2 Å². The third-order valence-corrected chi connectivity index (χ3v) is 7.23. The molecule has 11 heteroatoms. The molecule has 0 bridgehead atoms. The van der Waals surface area contributed by atoms with Gasteiger partial charge in [0.15, 0.2) is 0 Å². The van der Waals surface area contributed by atoms with Crippen LogP contribution in [-0.2, 0) is 0 Å². The highest BCUT2D eigenvalue weighted by atomic mass is 35.5. The quantitative estimate of drug-likeness (QED) is 0.195. The van der Waals surface area contributed by atoms with Gasteiger partial charge in [-0.1, -0.05) is 41.4 Å². The number of aromatic nitrogens is 1. The summed E-state index contributed by atoms with van der Waals surface area (Å²) in [4.78, 5) is 4.39. The third kappa shape index (κ3) is 4.94. The summed E-state index contributed by atoms with van der Waals surface area (Å²) in [5.41, 5.74) is 9.22. The number of rotatable bonds is 7. The molecule has 1 aliphatic carbocycles. The van der Waals surface area contributed by atoms with Crippen LogP contribution in [0.1, 0.15) is 36.9 Å². The number of nitrogens with one attached hydrogen (secondary N) is 4. The summed E-state index contributed by atoms with van der Waals surface area (Å²) in [7, 11) is 0. The zero-order valence-corrected chi connectivity index (χ0v) is 22.3. The second-order valence-corrected chi connectivity index (χ2v) is 10.2. The Balaban J connectivity index is 1.47. The fraction of sp³-hybridized carbons (Fsp3) is 0.138. The molecular formula is C29H21Cl2FN8. The second-order valence-electron chi connectivity index (χ2n) is 9.34. The van der Waals surface area contributed by atoms with Gasteiger partial charge in [-0.05, 0) is 54.8 Å². The monoisotopic (exact) mass is 571 g/mol. The molecule has 4 N–H and O–H groups in total. The van der Waals surface area contributed by atoms with E-state index in [1.807, 2.05) is 11.2 Å². The van der Waals surface area contributed by atoms with Crippen molar-refractivity contribution in [3.8, 4) is 12.1 Å². The lowest BCUT2D eigenvalue weighted by molar-refractivity contribution is 0.260. The van der Waals surface area contributed by atoms with Crippen LogP contribution >= 0.6 is 23.2 Å². The summed E-state index contributed by atoms with van der Waals surface area (Å²) < 4.78 is 23.4. The van der Waals surface area contributed by atoms with Gasteiger partial charge < -0.3 is 16.1 Å². The van der Waals surface area contributed by atoms with Crippen molar-refractivity contribution in [2.45, 2.75) is 24.9 Å². The van der Waals surface area contributed by atoms with E-state index in [1.165, 1.54) is 18.3 Å². The number of fused-ring (bicyclic) bond motifs is 1. The van der Waals surface area contributed by atoms with Crippen LogP contribution in [0, 0.1) is 28.5 Å². The molecule has 4 aromatic rings. The van der Waals surface area contributed by atoms with Gasteiger partial charge in [0.1, 0.15) is 18.0 Å². The van der Waals surface area contributed by atoms with Gasteiger partial charge in [0.05, 0.1) is 51.1 Å². The van der Waals surface area contributed by atoms with Crippen LogP contribution in [0.4, 0.5) is 21.5 Å². The lowest BCUT2D eigenvalue weighted by Crippen LogP contribution is -2.38. The summed E-state index contributed by atoms with van der Waals surface area (Å²) in [6.45, 7) is 0. The molecule has 0 spiro atoms. The SMILES string of the molecule is [2H][C@@](Nc1cc(Cl)c2ncc(C#N)c(Nc3cccc(Cl)c3C#N)c2c1)(C1=CN(C2CC2)NN1)c1ccc(F)cc1. The van der Waals surface area contributed by atoms with Crippen LogP contribution in [-0.4, -0.2) is 16.0 Å². The molecule has 0 radical (unpaired) electrons. The highest BCUT2D eigenvalue weighted by Gasteiger charge is 2.32. The number of hydrogen-bond donors (Lipinski definition) is 4. The average molecular weight is 572 g/mol. The molecule has 1 fully saturated rings. The van der Waals surface area contributed by atoms with E-state index in [0.29, 0.717) is 45.3 Å². The van der Waals surface area contributed by atoms with Crippen molar-refractivity contribution >= 4 is 51.2 Å². The average Bonchev–Trinajstić information content (AvgIpc) is 3.69. The number of anilines is 3. The van der Waals surface area contributed by atoms with Crippen LogP contribution in [0.2, 0.25) is 10.0 Å². The van der Waals surface area contributed by atoms with Crippen molar-refractivity contribution in [2.24, 2.45) is 0 Å². The Labute approximate surface area is 241 Å². The van der Waals surface area contributed by atoms with Gasteiger partial charge in [-0.3, -0.25) is 9.99 Å². The Kier molecular flexibility index (Phi) is 6.46. The first-order chi connectivity index (χ1) is 19.8. The summed E-state index contributed by atoms with van der Waals surface area (Å²) in [5, 5.41) is 28.9. The maximum absolute atomic E-state index is 13.8. The van der Waals surface area contributed by atoms with Gasteiger partial charge in [-0.2, -0.15) is 10.5 Å². The van der Waals surface area contributed by atoms with E-state index in [4.69, 9.17) is 23.2 Å². The van der Waals surface area contributed by atoms with Gasteiger partial charge in [0, 0.05) is 29.5 Å². The normalized spacial score (nSPS) is 16.3. The molecule has 0 saturated heterocycles. The van der Waals surface area contributed by atoms with E-state index in [2.05, 4.69) is 38.7 Å². The molecular weight excluding hydrogens is 550 g/mol. The zero-order valence-electron chi connectivity index (χ0n) is 21.8. The molecule has 1 aliphatic heterocycles. The van der Waals surface area contributed by atoms with Gasteiger partial charge in [0.25, 0.3) is 0 Å². The van der Waals surface area contributed by atoms with E-state index in [1.54, 1.807) is 42.5 Å². The molecule has 0 amide bonds. The molecule has 198 valence electrons. The van der Waals surface area contributed by atoms with E-state index in [9.17, 15) is 16.3 Å². The predicted molar refractivity (Wildman–Crippen MR) is 153 cm³/mol. The maximum atomic E-state index is 13.8. The molecule has 2 aliphatic rings. The molecule has 2 heterocycles. The van der Waals surface area contributed by atoms with Crippen LogP contribution in [0.5, 0.6) is 0 Å². The summed E-state index contributed by atoms with van der Waals surface area (Å²) >= 11 is 12.9. The Bertz CT molecular complexity index is 1800. The van der Waals surface area contributed by atoms with E-state index in [0.717, 1.165) is 12.8 Å². The first kappa shape index (κ1) is 24.5. The first-order valence-electron chi connectivity index (χ1n) is 12.8. The van der Waals surface area contributed by atoms with Gasteiger partial charge in [-0.25, -0.2) is 4.39 Å². The van der Waals surface area contributed by atoms with E-state index < -0.39 is 11.8 Å². The highest BCUT2D eigenvalue weighted by molar-refractivity contribution is 6.36. The Morgan fingerprint density at radius 3 is 2.62 bits per heavy atom. The van der Waals surface area contributed by atoms with Gasteiger partial charge >= 0.3 is 0 Å². The molecule has 1 aromatic heterocycles. The second kappa shape index (κ2) is 10.6. The minimum Gasteiger partial charge on any atom is -0.373 e. The number of pyridine rings is 1. The van der Waals surface area contributed by atoms with Crippen molar-refractivity contribution in [2.75, 3.05) is 10.6 Å². The fourth-order valence-electron chi connectivity index (χ4n) is 4.49. The Morgan fingerprint density at radius 1 is 1.10 bits per heavy atom. The number of hydrazine groups is 2. The smallest absolute Gasteiger partial charge is 0.123 e. The minimum absolute atomic E-state index is 0.217. The molecule has 1 atom stereocenters. The maximum Gasteiger partial charge on any atom is 0.123 e.